The smallest absolute Gasteiger partial charge is 0.251 e. The van der Waals surface area contributed by atoms with Gasteiger partial charge in [-0.1, -0.05) is 0 Å². The van der Waals surface area contributed by atoms with Gasteiger partial charge in [0, 0.05) is 18.7 Å². The zero-order chi connectivity index (χ0) is 13.5. The molecule has 100 valence electrons. The Hall–Kier alpha value is -1.75. The number of ether oxygens (including phenoxy) is 3. The van der Waals surface area contributed by atoms with E-state index in [1.165, 1.54) is 7.11 Å². The zero-order valence-electron chi connectivity index (χ0n) is 11.1. The fourth-order valence-corrected chi connectivity index (χ4v) is 1.58. The first-order valence-corrected chi connectivity index (χ1v) is 5.64. The molecule has 0 spiro atoms. The van der Waals surface area contributed by atoms with Crippen molar-refractivity contribution in [2.45, 2.75) is 13.0 Å². The van der Waals surface area contributed by atoms with Crippen LogP contribution < -0.4 is 14.8 Å². The number of amides is 1. The Morgan fingerprint density at radius 1 is 1.22 bits per heavy atom. The van der Waals surface area contributed by atoms with Gasteiger partial charge in [0.25, 0.3) is 5.91 Å². The normalized spacial score (nSPS) is 11.8. The van der Waals surface area contributed by atoms with E-state index in [-0.39, 0.29) is 11.9 Å². The summed E-state index contributed by atoms with van der Waals surface area (Å²) < 4.78 is 15.2. The molecule has 0 bridgehead atoms. The summed E-state index contributed by atoms with van der Waals surface area (Å²) in [6.07, 6.45) is 0. The van der Waals surface area contributed by atoms with Crippen LogP contribution in [0.2, 0.25) is 0 Å². The molecule has 0 unspecified atom stereocenters. The van der Waals surface area contributed by atoms with Crippen molar-refractivity contribution < 1.29 is 19.0 Å². The summed E-state index contributed by atoms with van der Waals surface area (Å²) in [6, 6.07) is 4.99. The number of nitrogens with one attached hydrogen (secondary N) is 1. The third-order valence-electron chi connectivity index (χ3n) is 2.44. The molecular weight excluding hydrogens is 234 g/mol. The highest BCUT2D eigenvalue weighted by atomic mass is 16.5. The Morgan fingerprint density at radius 2 is 1.89 bits per heavy atom. The highest BCUT2D eigenvalue weighted by molar-refractivity contribution is 5.95. The Morgan fingerprint density at radius 3 is 2.44 bits per heavy atom. The van der Waals surface area contributed by atoms with E-state index in [0.717, 1.165) is 0 Å². The standard InChI is InChI=1S/C13H19NO4/c1-9(8-16-2)14-13(15)10-5-6-11(17-3)12(7-10)18-4/h5-7,9H,8H2,1-4H3,(H,14,15)/t9-/m1/s1. The van der Waals surface area contributed by atoms with E-state index < -0.39 is 0 Å². The summed E-state index contributed by atoms with van der Waals surface area (Å²) >= 11 is 0. The highest BCUT2D eigenvalue weighted by Gasteiger charge is 2.12. The lowest BCUT2D eigenvalue weighted by Crippen LogP contribution is -2.35. The van der Waals surface area contributed by atoms with Gasteiger partial charge in [0.1, 0.15) is 0 Å². The van der Waals surface area contributed by atoms with Crippen LogP contribution in [-0.2, 0) is 4.74 Å². The van der Waals surface area contributed by atoms with E-state index in [2.05, 4.69) is 5.32 Å². The average molecular weight is 253 g/mol. The van der Waals surface area contributed by atoms with E-state index >= 15 is 0 Å². The number of rotatable bonds is 6. The molecule has 1 aromatic carbocycles. The number of methoxy groups -OCH3 is 3. The quantitative estimate of drug-likeness (QED) is 0.834. The van der Waals surface area contributed by atoms with Crippen LogP contribution >= 0.6 is 0 Å². The van der Waals surface area contributed by atoms with E-state index in [4.69, 9.17) is 14.2 Å². The van der Waals surface area contributed by atoms with Crippen molar-refractivity contribution in [2.24, 2.45) is 0 Å². The molecule has 0 radical (unpaired) electrons. The molecule has 0 heterocycles. The molecule has 5 nitrogen and oxygen atoms in total. The molecule has 0 aliphatic rings. The summed E-state index contributed by atoms with van der Waals surface area (Å²) in [5.41, 5.74) is 0.524. The van der Waals surface area contributed by atoms with Crippen LogP contribution in [0, 0.1) is 0 Å². The molecule has 0 saturated carbocycles. The molecule has 1 N–H and O–H groups in total. The largest absolute Gasteiger partial charge is 0.493 e. The highest BCUT2D eigenvalue weighted by Crippen LogP contribution is 2.27. The summed E-state index contributed by atoms with van der Waals surface area (Å²) in [6.45, 7) is 2.35. The molecule has 1 aromatic rings. The summed E-state index contributed by atoms with van der Waals surface area (Å²) in [4.78, 5) is 11.9. The monoisotopic (exact) mass is 253 g/mol. The number of carbonyl (C=O) groups excluding carboxylic acids is 1. The molecule has 5 heteroatoms. The Labute approximate surface area is 107 Å². The molecular formula is C13H19NO4. The lowest BCUT2D eigenvalue weighted by Gasteiger charge is -2.14. The lowest BCUT2D eigenvalue weighted by atomic mass is 10.1. The van der Waals surface area contributed by atoms with Gasteiger partial charge >= 0.3 is 0 Å². The minimum atomic E-state index is -0.166. The van der Waals surface area contributed by atoms with E-state index in [0.29, 0.717) is 23.7 Å². The maximum atomic E-state index is 11.9. The van der Waals surface area contributed by atoms with Crippen LogP contribution in [-0.4, -0.2) is 39.9 Å². The van der Waals surface area contributed by atoms with Gasteiger partial charge in [-0.25, -0.2) is 0 Å². The summed E-state index contributed by atoms with van der Waals surface area (Å²) in [5.74, 6) is 0.962. The third kappa shape index (κ3) is 3.63. The van der Waals surface area contributed by atoms with Gasteiger partial charge in [-0.2, -0.15) is 0 Å². The zero-order valence-corrected chi connectivity index (χ0v) is 11.1. The van der Waals surface area contributed by atoms with E-state index in [9.17, 15) is 4.79 Å². The van der Waals surface area contributed by atoms with Gasteiger partial charge in [0.05, 0.1) is 20.8 Å². The van der Waals surface area contributed by atoms with E-state index in [1.54, 1.807) is 32.4 Å². The average Bonchev–Trinajstić information content (AvgIpc) is 2.38. The lowest BCUT2D eigenvalue weighted by molar-refractivity contribution is 0.0905. The fourth-order valence-electron chi connectivity index (χ4n) is 1.58. The van der Waals surface area contributed by atoms with Crippen LogP contribution in [0.4, 0.5) is 0 Å². The predicted octanol–water partition coefficient (Wildman–Crippen LogP) is 1.47. The maximum absolute atomic E-state index is 11.9. The molecule has 0 saturated heterocycles. The molecule has 0 aliphatic heterocycles. The van der Waals surface area contributed by atoms with Gasteiger partial charge in [-0.3, -0.25) is 4.79 Å². The summed E-state index contributed by atoms with van der Waals surface area (Å²) in [5, 5.41) is 2.83. The van der Waals surface area contributed by atoms with Crippen molar-refractivity contribution in [1.82, 2.24) is 5.32 Å². The van der Waals surface area contributed by atoms with E-state index in [1.807, 2.05) is 6.92 Å². The van der Waals surface area contributed by atoms with Crippen LogP contribution in [0.1, 0.15) is 17.3 Å². The maximum Gasteiger partial charge on any atom is 0.251 e. The van der Waals surface area contributed by atoms with Gasteiger partial charge in [0.2, 0.25) is 0 Å². The first-order valence-electron chi connectivity index (χ1n) is 5.64. The van der Waals surface area contributed by atoms with Gasteiger partial charge in [-0.15, -0.1) is 0 Å². The minimum absolute atomic E-state index is 0.0457. The van der Waals surface area contributed by atoms with Gasteiger partial charge < -0.3 is 19.5 Å². The molecule has 18 heavy (non-hydrogen) atoms. The van der Waals surface area contributed by atoms with Crippen LogP contribution in [0.3, 0.4) is 0 Å². The van der Waals surface area contributed by atoms with Gasteiger partial charge in [-0.05, 0) is 25.1 Å². The van der Waals surface area contributed by atoms with Crippen molar-refractivity contribution in [1.29, 1.82) is 0 Å². The summed E-state index contributed by atoms with van der Waals surface area (Å²) in [7, 11) is 4.68. The van der Waals surface area contributed by atoms with Crippen LogP contribution in [0.25, 0.3) is 0 Å². The van der Waals surface area contributed by atoms with Crippen LogP contribution in [0.5, 0.6) is 11.5 Å². The molecule has 0 aromatic heterocycles. The van der Waals surface area contributed by atoms with Crippen molar-refractivity contribution in [3.05, 3.63) is 23.8 Å². The molecule has 1 amide bonds. The van der Waals surface area contributed by atoms with Gasteiger partial charge in [0.15, 0.2) is 11.5 Å². The second-order valence-corrected chi connectivity index (χ2v) is 3.90. The minimum Gasteiger partial charge on any atom is -0.493 e. The second kappa shape index (κ2) is 6.86. The third-order valence-corrected chi connectivity index (χ3v) is 2.44. The molecule has 0 aliphatic carbocycles. The first kappa shape index (κ1) is 14.3. The Bertz CT molecular complexity index is 406. The number of hydrogen-bond donors (Lipinski definition) is 1. The predicted molar refractivity (Wildman–Crippen MR) is 68.4 cm³/mol. The topological polar surface area (TPSA) is 56.8 Å². The first-order chi connectivity index (χ1) is 8.62. The van der Waals surface area contributed by atoms with Crippen molar-refractivity contribution in [3.8, 4) is 11.5 Å². The fraction of sp³-hybridized carbons (Fsp3) is 0.462. The Balaban J connectivity index is 2.80. The van der Waals surface area contributed by atoms with Crippen molar-refractivity contribution in [2.75, 3.05) is 27.9 Å². The molecule has 1 atom stereocenters. The number of carbonyl (C=O) groups is 1. The SMILES string of the molecule is COC[C@@H](C)NC(=O)c1ccc(OC)c(OC)c1. The molecule has 0 fully saturated rings. The Kier molecular flexibility index (Phi) is 5.45. The van der Waals surface area contributed by atoms with Crippen molar-refractivity contribution in [3.63, 3.8) is 0 Å². The van der Waals surface area contributed by atoms with Crippen molar-refractivity contribution >= 4 is 5.91 Å². The molecule has 1 rings (SSSR count). The van der Waals surface area contributed by atoms with Crippen LogP contribution in [0.15, 0.2) is 18.2 Å². The second-order valence-electron chi connectivity index (χ2n) is 3.90. The number of benzene rings is 1. The number of hydrogen-bond acceptors (Lipinski definition) is 4.